The number of hydrogen-bond acceptors (Lipinski definition) is 9. The van der Waals surface area contributed by atoms with Gasteiger partial charge in [0.05, 0.1) is 7.11 Å². The second-order valence-electron chi connectivity index (χ2n) is 7.07. The lowest BCUT2D eigenvalue weighted by atomic mass is 10.2. The van der Waals surface area contributed by atoms with Crippen LogP contribution in [-0.4, -0.2) is 44.2 Å². The van der Waals surface area contributed by atoms with E-state index in [-0.39, 0.29) is 35.3 Å². The van der Waals surface area contributed by atoms with Crippen molar-refractivity contribution in [3.63, 3.8) is 0 Å². The summed E-state index contributed by atoms with van der Waals surface area (Å²) in [7, 11) is 1.24. The normalized spacial score (nSPS) is 11.2. The number of alkyl halides is 2. The van der Waals surface area contributed by atoms with E-state index in [0.29, 0.717) is 11.4 Å². The summed E-state index contributed by atoms with van der Waals surface area (Å²) in [5.41, 5.74) is 0.297. The highest BCUT2D eigenvalue weighted by atomic mass is 19.3. The van der Waals surface area contributed by atoms with Crippen molar-refractivity contribution < 1.29 is 18.3 Å². The number of amides is 1. The van der Waals surface area contributed by atoms with Gasteiger partial charge in [0.15, 0.2) is 5.82 Å². The highest BCUT2D eigenvalue weighted by molar-refractivity contribution is 5.83. The minimum Gasteiger partial charge on any atom is -0.453 e. The highest BCUT2D eigenvalue weighted by Crippen LogP contribution is 2.27. The second kappa shape index (κ2) is 9.45. The molecule has 0 fully saturated rings. The van der Waals surface area contributed by atoms with E-state index >= 15 is 0 Å². The third kappa shape index (κ3) is 6.03. The topological polar surface area (TPSA) is 127 Å². The van der Waals surface area contributed by atoms with Crippen molar-refractivity contribution in [2.75, 3.05) is 23.1 Å². The van der Waals surface area contributed by atoms with Crippen molar-refractivity contribution in [1.82, 2.24) is 24.9 Å². The number of aromatic nitrogens is 5. The summed E-state index contributed by atoms with van der Waals surface area (Å²) in [5, 5.41) is 8.45. The molecule has 0 bridgehead atoms. The molecule has 0 saturated heterocycles. The molecule has 1 amide bonds. The molecule has 0 atom stereocenters. The van der Waals surface area contributed by atoms with Gasteiger partial charge in [0.25, 0.3) is 5.92 Å². The van der Waals surface area contributed by atoms with Crippen molar-refractivity contribution in [2.45, 2.75) is 32.7 Å². The van der Waals surface area contributed by atoms with Crippen LogP contribution < -0.4 is 16.0 Å². The first kappa shape index (κ1) is 22.7. The first-order valence-electron chi connectivity index (χ1n) is 9.60. The Kier molecular flexibility index (Phi) is 6.71. The maximum Gasteiger partial charge on any atom is 0.412 e. The number of carbonyl (C=O) groups excluding carboxylic acids is 1. The van der Waals surface area contributed by atoms with Crippen LogP contribution in [0.3, 0.4) is 0 Å². The standard InChI is InChI=1S/C20H22F2N8O2/c1-11(2)24-17-28-16(13-6-5-7-15(26-13)27-19(31)32-4)29-18(30-17)25-12-8-9-23-14(10-12)20(3,21)22/h5-11H,1-4H3,(H,26,27,31)(H2,23,24,25,28,29,30). The van der Waals surface area contributed by atoms with Crippen LogP contribution in [0.2, 0.25) is 0 Å². The monoisotopic (exact) mass is 444 g/mol. The Morgan fingerprint density at radius 3 is 2.53 bits per heavy atom. The van der Waals surface area contributed by atoms with Gasteiger partial charge in [0.2, 0.25) is 11.9 Å². The molecule has 168 valence electrons. The number of ether oxygens (including phenoxy) is 1. The minimum absolute atomic E-state index is 0.0182. The maximum absolute atomic E-state index is 13.6. The number of anilines is 4. The molecule has 3 heterocycles. The molecule has 0 spiro atoms. The summed E-state index contributed by atoms with van der Waals surface area (Å²) in [6.07, 6.45) is 0.601. The Labute approximate surface area is 182 Å². The fourth-order valence-electron chi connectivity index (χ4n) is 2.53. The molecule has 0 aromatic carbocycles. The zero-order valence-electron chi connectivity index (χ0n) is 17.8. The van der Waals surface area contributed by atoms with Crippen LogP contribution in [0.5, 0.6) is 0 Å². The summed E-state index contributed by atoms with van der Waals surface area (Å²) in [6, 6.07) is 7.66. The largest absolute Gasteiger partial charge is 0.453 e. The molecule has 10 nitrogen and oxygen atoms in total. The smallest absolute Gasteiger partial charge is 0.412 e. The Balaban J connectivity index is 1.97. The van der Waals surface area contributed by atoms with Crippen molar-refractivity contribution >= 4 is 29.5 Å². The van der Waals surface area contributed by atoms with E-state index in [1.54, 1.807) is 18.2 Å². The van der Waals surface area contributed by atoms with Gasteiger partial charge in [-0.3, -0.25) is 10.3 Å². The number of methoxy groups -OCH3 is 1. The first-order valence-corrected chi connectivity index (χ1v) is 9.60. The van der Waals surface area contributed by atoms with Gasteiger partial charge in [0, 0.05) is 24.8 Å². The lowest BCUT2D eigenvalue weighted by Crippen LogP contribution is -2.15. The quantitative estimate of drug-likeness (QED) is 0.492. The number of carbonyl (C=O) groups is 1. The maximum atomic E-state index is 13.6. The minimum atomic E-state index is -3.09. The molecular formula is C20H22F2N8O2. The predicted molar refractivity (Wildman–Crippen MR) is 115 cm³/mol. The summed E-state index contributed by atoms with van der Waals surface area (Å²) < 4.78 is 31.8. The molecule has 0 aliphatic rings. The zero-order chi connectivity index (χ0) is 23.3. The molecule has 3 aromatic rings. The van der Waals surface area contributed by atoms with Crippen LogP contribution in [0.4, 0.5) is 37.0 Å². The predicted octanol–water partition coefficient (Wildman–Crippen LogP) is 4.18. The van der Waals surface area contributed by atoms with Crippen LogP contribution in [-0.2, 0) is 10.7 Å². The average Bonchev–Trinajstić information content (AvgIpc) is 2.73. The molecule has 12 heteroatoms. The molecule has 3 rings (SSSR count). The SMILES string of the molecule is COC(=O)Nc1cccc(-c2nc(Nc3ccnc(C(C)(F)F)c3)nc(NC(C)C)n2)n1. The molecule has 0 radical (unpaired) electrons. The Morgan fingerprint density at radius 1 is 1.09 bits per heavy atom. The van der Waals surface area contributed by atoms with Crippen LogP contribution in [0.1, 0.15) is 26.5 Å². The van der Waals surface area contributed by atoms with Crippen molar-refractivity contribution in [3.8, 4) is 11.5 Å². The van der Waals surface area contributed by atoms with Gasteiger partial charge in [-0.1, -0.05) is 6.07 Å². The molecule has 32 heavy (non-hydrogen) atoms. The van der Waals surface area contributed by atoms with Gasteiger partial charge in [-0.2, -0.15) is 23.7 Å². The third-order valence-corrected chi connectivity index (χ3v) is 3.91. The van der Waals surface area contributed by atoms with E-state index in [0.717, 1.165) is 6.92 Å². The van der Waals surface area contributed by atoms with Gasteiger partial charge in [-0.05, 0) is 38.1 Å². The van der Waals surface area contributed by atoms with Crippen molar-refractivity contribution in [1.29, 1.82) is 0 Å². The van der Waals surface area contributed by atoms with E-state index < -0.39 is 12.0 Å². The molecule has 3 aromatic heterocycles. The van der Waals surface area contributed by atoms with Gasteiger partial charge in [0.1, 0.15) is 17.2 Å². The number of nitrogens with zero attached hydrogens (tertiary/aromatic N) is 5. The lowest BCUT2D eigenvalue weighted by molar-refractivity contribution is 0.0128. The number of halogens is 2. The third-order valence-electron chi connectivity index (χ3n) is 3.91. The zero-order valence-corrected chi connectivity index (χ0v) is 17.8. The number of rotatable bonds is 7. The average molecular weight is 444 g/mol. The molecule has 3 N–H and O–H groups in total. The van der Waals surface area contributed by atoms with Crippen molar-refractivity contribution in [2.24, 2.45) is 0 Å². The Bertz CT molecular complexity index is 1100. The summed E-state index contributed by atoms with van der Waals surface area (Å²) in [5.74, 6) is -2.28. The van der Waals surface area contributed by atoms with Gasteiger partial charge in [-0.25, -0.2) is 9.78 Å². The van der Waals surface area contributed by atoms with Crippen LogP contribution in [0.25, 0.3) is 11.5 Å². The van der Waals surface area contributed by atoms with Gasteiger partial charge >= 0.3 is 6.09 Å². The van der Waals surface area contributed by atoms with E-state index in [4.69, 9.17) is 0 Å². The van der Waals surface area contributed by atoms with Gasteiger partial charge < -0.3 is 15.4 Å². The number of pyridine rings is 2. The Morgan fingerprint density at radius 2 is 1.84 bits per heavy atom. The lowest BCUT2D eigenvalue weighted by Gasteiger charge is -2.14. The van der Waals surface area contributed by atoms with Crippen molar-refractivity contribution in [3.05, 3.63) is 42.2 Å². The molecular weight excluding hydrogens is 422 g/mol. The summed E-state index contributed by atoms with van der Waals surface area (Å²) >= 11 is 0. The first-order chi connectivity index (χ1) is 15.1. The van der Waals surface area contributed by atoms with E-state index in [2.05, 4.69) is 45.6 Å². The second-order valence-corrected chi connectivity index (χ2v) is 7.07. The summed E-state index contributed by atoms with van der Waals surface area (Å²) in [6.45, 7) is 4.59. The molecule has 0 saturated carbocycles. The fourth-order valence-corrected chi connectivity index (χ4v) is 2.53. The van der Waals surface area contributed by atoms with E-state index in [1.165, 1.54) is 25.4 Å². The molecule has 0 aliphatic carbocycles. The van der Waals surface area contributed by atoms with E-state index in [9.17, 15) is 13.6 Å². The van der Waals surface area contributed by atoms with E-state index in [1.807, 2.05) is 13.8 Å². The summed E-state index contributed by atoms with van der Waals surface area (Å²) in [4.78, 5) is 32.5. The number of nitrogens with one attached hydrogen (secondary N) is 3. The number of hydrogen-bond donors (Lipinski definition) is 3. The van der Waals surface area contributed by atoms with Crippen LogP contribution in [0, 0.1) is 0 Å². The van der Waals surface area contributed by atoms with Crippen LogP contribution >= 0.6 is 0 Å². The van der Waals surface area contributed by atoms with Crippen LogP contribution in [0.15, 0.2) is 36.5 Å². The fraction of sp³-hybridized carbons (Fsp3) is 0.300. The van der Waals surface area contributed by atoms with Gasteiger partial charge in [-0.15, -0.1) is 0 Å². The Hall–Kier alpha value is -3.96. The highest BCUT2D eigenvalue weighted by Gasteiger charge is 2.26. The molecule has 0 unspecified atom stereocenters. The molecule has 0 aliphatic heterocycles.